The number of nitrogens with two attached hydrogens (primary N) is 1. The third-order valence-corrected chi connectivity index (χ3v) is 2.89. The van der Waals surface area contributed by atoms with Gasteiger partial charge in [-0.3, -0.25) is 4.68 Å². The second-order valence-corrected chi connectivity index (χ2v) is 4.26. The molecule has 2 aromatic rings. The van der Waals surface area contributed by atoms with Crippen LogP contribution in [-0.4, -0.2) is 9.78 Å². The van der Waals surface area contributed by atoms with Gasteiger partial charge in [0.25, 0.3) is 0 Å². The predicted octanol–water partition coefficient (Wildman–Crippen LogP) is 2.02. The minimum Gasteiger partial charge on any atom is -0.486 e. The van der Waals surface area contributed by atoms with Gasteiger partial charge in [-0.05, 0) is 30.7 Å². The summed E-state index contributed by atoms with van der Waals surface area (Å²) in [7, 11) is 1.88. The maximum Gasteiger partial charge on any atom is 0.137 e. The molecule has 0 bridgehead atoms. The molecule has 2 N–H and O–H groups in total. The molecule has 0 aliphatic rings. The second kappa shape index (κ2) is 5.44. The van der Waals surface area contributed by atoms with Gasteiger partial charge in [-0.1, -0.05) is 6.92 Å². The highest BCUT2D eigenvalue weighted by molar-refractivity contribution is 5.53. The summed E-state index contributed by atoms with van der Waals surface area (Å²) in [5.74, 6) is 0.538. The Kier molecular flexibility index (Phi) is 3.71. The molecular weight excluding hydrogens is 240 g/mol. The van der Waals surface area contributed by atoms with E-state index in [1.165, 1.54) is 0 Å². The van der Waals surface area contributed by atoms with Crippen LogP contribution >= 0.6 is 0 Å². The third kappa shape index (κ3) is 2.86. The summed E-state index contributed by atoms with van der Waals surface area (Å²) < 4.78 is 7.46. The summed E-state index contributed by atoms with van der Waals surface area (Å²) >= 11 is 0. The number of rotatable bonds is 4. The van der Waals surface area contributed by atoms with Crippen molar-refractivity contribution in [3.05, 3.63) is 41.2 Å². The van der Waals surface area contributed by atoms with Crippen LogP contribution in [0.5, 0.6) is 5.75 Å². The van der Waals surface area contributed by atoms with E-state index in [2.05, 4.69) is 18.1 Å². The molecule has 0 unspecified atom stereocenters. The van der Waals surface area contributed by atoms with Gasteiger partial charge in [-0.15, -0.1) is 0 Å². The van der Waals surface area contributed by atoms with Crippen LogP contribution in [0.1, 0.15) is 23.9 Å². The van der Waals surface area contributed by atoms with Crippen molar-refractivity contribution in [1.82, 2.24) is 9.78 Å². The van der Waals surface area contributed by atoms with Crippen molar-refractivity contribution in [1.29, 1.82) is 5.26 Å². The van der Waals surface area contributed by atoms with Gasteiger partial charge in [-0.2, -0.15) is 10.4 Å². The average Bonchev–Trinajstić information content (AvgIpc) is 2.78. The van der Waals surface area contributed by atoms with Gasteiger partial charge in [-0.25, -0.2) is 0 Å². The highest BCUT2D eigenvalue weighted by atomic mass is 16.5. The van der Waals surface area contributed by atoms with E-state index in [4.69, 9.17) is 15.7 Å². The van der Waals surface area contributed by atoms with Gasteiger partial charge in [0, 0.05) is 12.7 Å². The number of nitriles is 1. The third-order valence-electron chi connectivity index (χ3n) is 2.89. The van der Waals surface area contributed by atoms with E-state index in [9.17, 15) is 0 Å². The summed E-state index contributed by atoms with van der Waals surface area (Å²) in [5, 5.41) is 13.4. The average molecular weight is 256 g/mol. The van der Waals surface area contributed by atoms with Gasteiger partial charge in [0.1, 0.15) is 18.4 Å². The number of aromatic nitrogens is 2. The topological polar surface area (TPSA) is 76.9 Å². The van der Waals surface area contributed by atoms with Crippen molar-refractivity contribution >= 4 is 5.69 Å². The molecule has 5 heteroatoms. The zero-order chi connectivity index (χ0) is 13.8. The Labute approximate surface area is 112 Å². The normalized spacial score (nSPS) is 10.2. The molecule has 0 saturated carbocycles. The van der Waals surface area contributed by atoms with Crippen molar-refractivity contribution in [2.75, 3.05) is 5.73 Å². The molecule has 0 radical (unpaired) electrons. The lowest BCUT2D eigenvalue weighted by Gasteiger charge is -2.08. The van der Waals surface area contributed by atoms with Crippen molar-refractivity contribution < 1.29 is 4.74 Å². The van der Waals surface area contributed by atoms with Crippen molar-refractivity contribution in [3.8, 4) is 11.8 Å². The van der Waals surface area contributed by atoms with Crippen molar-refractivity contribution in [2.24, 2.45) is 7.05 Å². The van der Waals surface area contributed by atoms with Crippen LogP contribution in [0.4, 0.5) is 5.69 Å². The molecule has 2 rings (SSSR count). The van der Waals surface area contributed by atoms with Gasteiger partial charge >= 0.3 is 0 Å². The summed E-state index contributed by atoms with van der Waals surface area (Å²) in [5.41, 5.74) is 8.63. The molecule has 0 fully saturated rings. The SMILES string of the molecule is CCc1cc(COc2ccc(N)cc2C#N)n(C)n1. The number of nitrogen functional groups attached to an aromatic ring is 1. The molecule has 1 aromatic heterocycles. The summed E-state index contributed by atoms with van der Waals surface area (Å²) in [4.78, 5) is 0. The number of nitrogens with zero attached hydrogens (tertiary/aromatic N) is 3. The molecule has 98 valence electrons. The molecule has 5 nitrogen and oxygen atoms in total. The van der Waals surface area contributed by atoms with Crippen molar-refractivity contribution in [2.45, 2.75) is 20.0 Å². The Morgan fingerprint density at radius 1 is 1.42 bits per heavy atom. The maximum absolute atomic E-state index is 9.03. The van der Waals surface area contributed by atoms with E-state index >= 15 is 0 Å². The first-order chi connectivity index (χ1) is 9.13. The Morgan fingerprint density at radius 3 is 2.84 bits per heavy atom. The maximum atomic E-state index is 9.03. The molecule has 0 spiro atoms. The number of hydrogen-bond donors (Lipinski definition) is 1. The van der Waals surface area contributed by atoms with Crippen LogP contribution in [0.3, 0.4) is 0 Å². The monoisotopic (exact) mass is 256 g/mol. The van der Waals surface area contributed by atoms with Gasteiger partial charge in [0.15, 0.2) is 0 Å². The summed E-state index contributed by atoms with van der Waals surface area (Å²) in [6.07, 6.45) is 0.888. The number of hydrogen-bond acceptors (Lipinski definition) is 4. The van der Waals surface area contributed by atoms with Crippen LogP contribution in [0.15, 0.2) is 24.3 Å². The Bertz CT molecular complexity index is 625. The van der Waals surface area contributed by atoms with E-state index in [0.29, 0.717) is 23.6 Å². The second-order valence-electron chi connectivity index (χ2n) is 4.26. The van der Waals surface area contributed by atoms with E-state index in [-0.39, 0.29) is 0 Å². The van der Waals surface area contributed by atoms with Crippen molar-refractivity contribution in [3.63, 3.8) is 0 Å². The summed E-state index contributed by atoms with van der Waals surface area (Å²) in [6, 6.07) is 9.12. The Hall–Kier alpha value is -2.48. The molecular formula is C14H16N4O. The molecule has 1 aromatic carbocycles. The van der Waals surface area contributed by atoms with Crippen LogP contribution in [0.25, 0.3) is 0 Å². The number of anilines is 1. The molecule has 0 aliphatic carbocycles. The minimum absolute atomic E-state index is 0.377. The molecule has 0 aliphatic heterocycles. The standard InChI is InChI=1S/C14H16N4O/c1-3-12-7-13(18(2)17-12)9-19-14-5-4-11(16)6-10(14)8-15/h4-7H,3,9,16H2,1-2H3. The lowest BCUT2D eigenvalue weighted by Crippen LogP contribution is -2.04. The molecule has 0 atom stereocenters. The molecule has 1 heterocycles. The van der Waals surface area contributed by atoms with Crippen LogP contribution in [0.2, 0.25) is 0 Å². The first-order valence-electron chi connectivity index (χ1n) is 6.08. The predicted molar refractivity (Wildman–Crippen MR) is 72.5 cm³/mol. The van der Waals surface area contributed by atoms with E-state index in [0.717, 1.165) is 17.8 Å². The fraction of sp³-hybridized carbons (Fsp3) is 0.286. The number of aryl methyl sites for hydroxylation is 2. The van der Waals surface area contributed by atoms with E-state index in [1.807, 2.05) is 13.1 Å². The summed E-state index contributed by atoms with van der Waals surface area (Å²) in [6.45, 7) is 2.43. The Morgan fingerprint density at radius 2 is 2.21 bits per heavy atom. The van der Waals surface area contributed by atoms with Gasteiger partial charge in [0.05, 0.1) is 17.0 Å². The fourth-order valence-electron chi connectivity index (χ4n) is 1.79. The minimum atomic E-state index is 0.377. The van der Waals surface area contributed by atoms with Crippen LogP contribution in [-0.2, 0) is 20.1 Å². The van der Waals surface area contributed by atoms with E-state index in [1.54, 1.807) is 22.9 Å². The Balaban J connectivity index is 2.14. The molecule has 0 saturated heterocycles. The van der Waals surface area contributed by atoms with E-state index < -0.39 is 0 Å². The first-order valence-corrected chi connectivity index (χ1v) is 6.08. The molecule has 0 amide bonds. The fourth-order valence-corrected chi connectivity index (χ4v) is 1.79. The lowest BCUT2D eigenvalue weighted by molar-refractivity contribution is 0.294. The van der Waals surface area contributed by atoms with Gasteiger partial charge in [0.2, 0.25) is 0 Å². The molecule has 19 heavy (non-hydrogen) atoms. The lowest BCUT2D eigenvalue weighted by atomic mass is 10.2. The largest absolute Gasteiger partial charge is 0.486 e. The highest BCUT2D eigenvalue weighted by Gasteiger charge is 2.07. The number of ether oxygens (including phenoxy) is 1. The highest BCUT2D eigenvalue weighted by Crippen LogP contribution is 2.21. The zero-order valence-electron chi connectivity index (χ0n) is 11.1. The number of benzene rings is 1. The quantitative estimate of drug-likeness (QED) is 0.849. The van der Waals surface area contributed by atoms with Gasteiger partial charge < -0.3 is 10.5 Å². The van der Waals surface area contributed by atoms with Crippen LogP contribution in [0, 0.1) is 11.3 Å². The zero-order valence-corrected chi connectivity index (χ0v) is 11.1. The smallest absolute Gasteiger partial charge is 0.137 e. The van der Waals surface area contributed by atoms with Crippen LogP contribution < -0.4 is 10.5 Å². The first kappa shape index (κ1) is 13.0.